The lowest BCUT2D eigenvalue weighted by molar-refractivity contribution is 0.199. The van der Waals surface area contributed by atoms with E-state index in [9.17, 15) is 0 Å². The van der Waals surface area contributed by atoms with E-state index in [0.29, 0.717) is 5.92 Å². The average Bonchev–Trinajstić information content (AvgIpc) is 1.93. The summed E-state index contributed by atoms with van der Waals surface area (Å²) in [5, 5.41) is 0. The van der Waals surface area contributed by atoms with Crippen molar-refractivity contribution in [3.8, 4) is 11.5 Å². The molecule has 0 aromatic rings. The zero-order chi connectivity index (χ0) is 12.3. The van der Waals surface area contributed by atoms with Crippen LogP contribution >= 0.6 is 0 Å². The molecular weight excluding hydrogens is 216 g/mol. The van der Waals surface area contributed by atoms with Crippen LogP contribution in [0.15, 0.2) is 0 Å². The Balaban J connectivity index is 4.61. The molecule has 0 aliphatic carbocycles. The van der Waals surface area contributed by atoms with Gasteiger partial charge in [0.25, 0.3) is 0 Å². The molecule has 1 atom stereocenters. The second-order valence-electron chi connectivity index (χ2n) is 6.41. The van der Waals surface area contributed by atoms with E-state index in [2.05, 4.69) is 64.6 Å². The molecule has 0 bridgehead atoms. The van der Waals surface area contributed by atoms with Crippen molar-refractivity contribution in [1.29, 1.82) is 0 Å². The lowest BCUT2D eigenvalue weighted by Gasteiger charge is -2.25. The maximum Gasteiger partial charge on any atom is 0.185 e. The van der Waals surface area contributed by atoms with E-state index >= 15 is 0 Å². The Kier molecular flexibility index (Phi) is 5.32. The smallest absolute Gasteiger partial charge is 0.185 e. The highest BCUT2D eigenvalue weighted by molar-refractivity contribution is 6.83. The van der Waals surface area contributed by atoms with Gasteiger partial charge < -0.3 is 4.43 Å². The Labute approximate surface area is 97.8 Å². The molecule has 1 unspecified atom stereocenters. The largest absolute Gasteiger partial charge is 0.404 e. The molecule has 0 radical (unpaired) electrons. The van der Waals surface area contributed by atoms with E-state index < -0.39 is 16.4 Å². The molecule has 0 aliphatic rings. The van der Waals surface area contributed by atoms with E-state index in [-0.39, 0.29) is 6.10 Å². The molecule has 0 aromatic carbocycles. The minimum Gasteiger partial charge on any atom is -0.404 e. The SMILES string of the molecule is CC(C)C(C#C[Si](C)(C)C)O[Si](C)(C)C. The van der Waals surface area contributed by atoms with Gasteiger partial charge in [0.15, 0.2) is 8.32 Å². The molecule has 0 fully saturated rings. The minimum absolute atomic E-state index is 0.128. The van der Waals surface area contributed by atoms with Gasteiger partial charge in [-0.25, -0.2) is 0 Å². The summed E-state index contributed by atoms with van der Waals surface area (Å²) in [4.78, 5) is 0. The first kappa shape index (κ1) is 15.0. The van der Waals surface area contributed by atoms with Crippen LogP contribution in [-0.4, -0.2) is 22.5 Å². The fourth-order valence-electron chi connectivity index (χ4n) is 1.00. The van der Waals surface area contributed by atoms with Crippen LogP contribution in [-0.2, 0) is 4.43 Å². The number of rotatable bonds is 3. The van der Waals surface area contributed by atoms with E-state index in [1.807, 2.05) is 0 Å². The first-order chi connectivity index (χ1) is 6.51. The molecule has 0 spiro atoms. The summed E-state index contributed by atoms with van der Waals surface area (Å²) in [5.74, 6) is 3.83. The normalized spacial score (nSPS) is 14.7. The Hall–Kier alpha value is -0.0462. The lowest BCUT2D eigenvalue weighted by Crippen LogP contribution is -2.34. The fourth-order valence-corrected chi connectivity index (χ4v) is 2.67. The summed E-state index contributed by atoms with van der Waals surface area (Å²) < 4.78 is 6.08. The van der Waals surface area contributed by atoms with Gasteiger partial charge in [-0.3, -0.25) is 0 Å². The maximum absolute atomic E-state index is 6.08. The average molecular weight is 243 g/mol. The standard InChI is InChI=1S/C12H26OSi2/c1-11(2)12(13-15(6,7)8)9-10-14(3,4)5/h11-12H,1-8H3. The zero-order valence-electron chi connectivity index (χ0n) is 11.6. The van der Waals surface area contributed by atoms with Crippen LogP contribution in [0.2, 0.25) is 39.3 Å². The van der Waals surface area contributed by atoms with E-state index in [1.54, 1.807) is 0 Å². The highest BCUT2D eigenvalue weighted by Crippen LogP contribution is 2.14. The lowest BCUT2D eigenvalue weighted by atomic mass is 10.1. The van der Waals surface area contributed by atoms with Gasteiger partial charge in [-0.05, 0) is 25.6 Å². The van der Waals surface area contributed by atoms with Crippen LogP contribution in [0.3, 0.4) is 0 Å². The molecule has 88 valence electrons. The van der Waals surface area contributed by atoms with Crippen molar-refractivity contribution in [3.63, 3.8) is 0 Å². The van der Waals surface area contributed by atoms with Gasteiger partial charge in [0.05, 0.1) is 0 Å². The molecule has 0 saturated heterocycles. The number of hydrogen-bond acceptors (Lipinski definition) is 1. The van der Waals surface area contributed by atoms with Crippen molar-refractivity contribution in [2.24, 2.45) is 5.92 Å². The van der Waals surface area contributed by atoms with E-state index in [4.69, 9.17) is 4.43 Å². The summed E-state index contributed by atoms with van der Waals surface area (Å²) in [5.41, 5.74) is 3.41. The second-order valence-corrected chi connectivity index (χ2v) is 15.6. The van der Waals surface area contributed by atoms with Crippen LogP contribution in [0.25, 0.3) is 0 Å². The molecule has 1 nitrogen and oxygen atoms in total. The van der Waals surface area contributed by atoms with Crippen LogP contribution in [0, 0.1) is 17.4 Å². The van der Waals surface area contributed by atoms with Crippen molar-refractivity contribution >= 4 is 16.4 Å². The highest BCUT2D eigenvalue weighted by atomic mass is 28.4. The quantitative estimate of drug-likeness (QED) is 0.541. The van der Waals surface area contributed by atoms with Crippen molar-refractivity contribution in [2.45, 2.75) is 59.2 Å². The minimum atomic E-state index is -1.47. The van der Waals surface area contributed by atoms with E-state index in [0.717, 1.165) is 0 Å². The molecule has 15 heavy (non-hydrogen) atoms. The second kappa shape index (κ2) is 5.33. The molecule has 0 rings (SSSR count). The third kappa shape index (κ3) is 8.92. The third-order valence-electron chi connectivity index (χ3n) is 1.68. The van der Waals surface area contributed by atoms with Gasteiger partial charge in [-0.15, -0.1) is 5.54 Å². The first-order valence-electron chi connectivity index (χ1n) is 5.72. The van der Waals surface area contributed by atoms with E-state index in [1.165, 1.54) is 0 Å². The monoisotopic (exact) mass is 242 g/mol. The maximum atomic E-state index is 6.08. The predicted molar refractivity (Wildman–Crippen MR) is 74.2 cm³/mol. The van der Waals surface area contributed by atoms with Gasteiger partial charge in [-0.1, -0.05) is 39.4 Å². The van der Waals surface area contributed by atoms with Crippen molar-refractivity contribution in [3.05, 3.63) is 0 Å². The molecule has 0 heterocycles. The number of hydrogen-bond donors (Lipinski definition) is 0. The highest BCUT2D eigenvalue weighted by Gasteiger charge is 2.22. The molecule has 3 heteroatoms. The third-order valence-corrected chi connectivity index (χ3v) is 3.53. The molecule has 0 saturated carbocycles. The topological polar surface area (TPSA) is 9.23 Å². The Morgan fingerprint density at radius 1 is 0.933 bits per heavy atom. The summed E-state index contributed by atoms with van der Waals surface area (Å²) in [6.07, 6.45) is 0.128. The van der Waals surface area contributed by atoms with Gasteiger partial charge in [0, 0.05) is 0 Å². The van der Waals surface area contributed by atoms with Gasteiger partial charge in [0.1, 0.15) is 14.2 Å². The van der Waals surface area contributed by atoms with Crippen molar-refractivity contribution in [1.82, 2.24) is 0 Å². The van der Waals surface area contributed by atoms with Crippen LogP contribution in [0.4, 0.5) is 0 Å². The first-order valence-corrected chi connectivity index (χ1v) is 12.6. The summed E-state index contributed by atoms with van der Waals surface area (Å²) in [7, 11) is -2.73. The Bertz CT molecular complexity index is 248. The van der Waals surface area contributed by atoms with Crippen LogP contribution in [0.5, 0.6) is 0 Å². The Morgan fingerprint density at radius 3 is 1.67 bits per heavy atom. The predicted octanol–water partition coefficient (Wildman–Crippen LogP) is 3.74. The van der Waals surface area contributed by atoms with Crippen LogP contribution in [0.1, 0.15) is 13.8 Å². The van der Waals surface area contributed by atoms with Crippen molar-refractivity contribution in [2.75, 3.05) is 0 Å². The van der Waals surface area contributed by atoms with Gasteiger partial charge >= 0.3 is 0 Å². The van der Waals surface area contributed by atoms with Gasteiger partial charge in [-0.2, -0.15) is 0 Å². The zero-order valence-corrected chi connectivity index (χ0v) is 13.6. The molecule has 0 aromatic heterocycles. The molecular formula is C12H26OSi2. The van der Waals surface area contributed by atoms with Crippen molar-refractivity contribution < 1.29 is 4.43 Å². The van der Waals surface area contributed by atoms with Gasteiger partial charge in [0.2, 0.25) is 0 Å². The molecule has 0 amide bonds. The summed E-state index contributed by atoms with van der Waals surface area (Å²) in [6.45, 7) is 17.8. The molecule has 0 N–H and O–H groups in total. The summed E-state index contributed by atoms with van der Waals surface area (Å²) >= 11 is 0. The summed E-state index contributed by atoms with van der Waals surface area (Å²) in [6, 6.07) is 0. The molecule has 0 aliphatic heterocycles. The van der Waals surface area contributed by atoms with Crippen LogP contribution < -0.4 is 0 Å². The Morgan fingerprint density at radius 2 is 1.40 bits per heavy atom. The fraction of sp³-hybridized carbons (Fsp3) is 0.833.